The predicted octanol–water partition coefficient (Wildman–Crippen LogP) is 2.06. The number of ether oxygens (including phenoxy) is 2. The molecule has 0 aliphatic rings. The molecule has 0 saturated heterocycles. The fraction of sp³-hybridized carbons (Fsp3) is 0.333. The third kappa shape index (κ3) is 5.49. The molecule has 0 bridgehead atoms. The van der Waals surface area contributed by atoms with Gasteiger partial charge in [0.25, 0.3) is 5.91 Å². The molecule has 0 fully saturated rings. The summed E-state index contributed by atoms with van der Waals surface area (Å²) < 4.78 is 48.3. The number of amides is 1. The summed E-state index contributed by atoms with van der Waals surface area (Å²) in [5.41, 5.74) is 0. The molecule has 2 aromatic rings. The predicted molar refractivity (Wildman–Crippen MR) is 78.5 cm³/mol. The van der Waals surface area contributed by atoms with Crippen LogP contribution < -0.4 is 14.8 Å². The minimum atomic E-state index is -4.45. The van der Waals surface area contributed by atoms with Crippen LogP contribution in [0.5, 0.6) is 11.5 Å². The highest BCUT2D eigenvalue weighted by atomic mass is 19.4. The van der Waals surface area contributed by atoms with E-state index in [4.69, 9.17) is 4.74 Å². The second-order valence-electron chi connectivity index (χ2n) is 4.87. The van der Waals surface area contributed by atoms with Gasteiger partial charge in [-0.25, -0.2) is 4.98 Å². The quantitative estimate of drug-likeness (QED) is 0.836. The van der Waals surface area contributed by atoms with Crippen molar-refractivity contribution in [1.82, 2.24) is 14.9 Å². The second-order valence-corrected chi connectivity index (χ2v) is 4.87. The number of nitrogens with zero attached hydrogens (tertiary/aromatic N) is 2. The van der Waals surface area contributed by atoms with E-state index < -0.39 is 18.7 Å². The lowest BCUT2D eigenvalue weighted by molar-refractivity contribution is -0.153. The van der Waals surface area contributed by atoms with Crippen LogP contribution in [0.15, 0.2) is 36.7 Å². The number of para-hydroxylation sites is 2. The molecule has 1 aromatic heterocycles. The van der Waals surface area contributed by atoms with Crippen molar-refractivity contribution in [2.24, 2.45) is 7.05 Å². The highest BCUT2D eigenvalue weighted by Gasteiger charge is 2.29. The van der Waals surface area contributed by atoms with Crippen LogP contribution >= 0.6 is 0 Å². The SMILES string of the molecule is Cn1ccnc1CNC(=O)COc1ccccc1OCC(F)(F)F. The molecule has 1 amide bonds. The number of carbonyl (C=O) groups is 1. The van der Waals surface area contributed by atoms with Crippen LogP contribution in [-0.4, -0.2) is 34.8 Å². The molecule has 0 spiro atoms. The fourth-order valence-corrected chi connectivity index (χ4v) is 1.79. The summed E-state index contributed by atoms with van der Waals surface area (Å²) in [6.07, 6.45) is -1.11. The molecule has 2 rings (SSSR count). The van der Waals surface area contributed by atoms with Crippen LogP contribution in [0, 0.1) is 0 Å². The van der Waals surface area contributed by atoms with Crippen molar-refractivity contribution in [3.8, 4) is 11.5 Å². The van der Waals surface area contributed by atoms with Gasteiger partial charge in [-0.15, -0.1) is 0 Å². The van der Waals surface area contributed by atoms with E-state index in [1.165, 1.54) is 18.2 Å². The van der Waals surface area contributed by atoms with Gasteiger partial charge in [-0.05, 0) is 12.1 Å². The van der Waals surface area contributed by atoms with E-state index in [9.17, 15) is 18.0 Å². The number of hydrogen-bond acceptors (Lipinski definition) is 4. The lowest BCUT2D eigenvalue weighted by Gasteiger charge is -2.13. The number of aromatic nitrogens is 2. The smallest absolute Gasteiger partial charge is 0.422 e. The first-order valence-corrected chi connectivity index (χ1v) is 6.99. The summed E-state index contributed by atoms with van der Waals surface area (Å²) in [5, 5.41) is 2.60. The molecule has 130 valence electrons. The number of hydrogen-bond donors (Lipinski definition) is 1. The topological polar surface area (TPSA) is 65.4 Å². The number of nitrogens with one attached hydrogen (secondary N) is 1. The van der Waals surface area contributed by atoms with Crippen LogP contribution in [0.1, 0.15) is 5.82 Å². The van der Waals surface area contributed by atoms with Crippen molar-refractivity contribution in [3.05, 3.63) is 42.5 Å². The maximum atomic E-state index is 12.2. The highest BCUT2D eigenvalue weighted by molar-refractivity contribution is 5.77. The van der Waals surface area contributed by atoms with Crippen LogP contribution in [-0.2, 0) is 18.4 Å². The molecule has 24 heavy (non-hydrogen) atoms. The zero-order valence-electron chi connectivity index (χ0n) is 12.8. The molecule has 0 unspecified atom stereocenters. The van der Waals surface area contributed by atoms with Crippen LogP contribution in [0.2, 0.25) is 0 Å². The number of imidazole rings is 1. The number of benzene rings is 1. The van der Waals surface area contributed by atoms with E-state index in [1.54, 1.807) is 30.1 Å². The van der Waals surface area contributed by atoms with Crippen molar-refractivity contribution in [2.75, 3.05) is 13.2 Å². The Morgan fingerprint density at radius 3 is 2.50 bits per heavy atom. The van der Waals surface area contributed by atoms with E-state index >= 15 is 0 Å². The molecule has 0 radical (unpaired) electrons. The molecule has 6 nitrogen and oxygen atoms in total. The Labute approximate surface area is 136 Å². The van der Waals surface area contributed by atoms with Crippen molar-refractivity contribution in [2.45, 2.75) is 12.7 Å². The Bertz CT molecular complexity index is 686. The van der Waals surface area contributed by atoms with Crippen LogP contribution in [0.3, 0.4) is 0 Å². The zero-order valence-corrected chi connectivity index (χ0v) is 12.8. The summed E-state index contributed by atoms with van der Waals surface area (Å²) in [6.45, 7) is -1.56. The molecule has 1 heterocycles. The van der Waals surface area contributed by atoms with E-state index in [0.717, 1.165) is 0 Å². The third-order valence-electron chi connectivity index (χ3n) is 2.96. The monoisotopic (exact) mass is 343 g/mol. The Balaban J connectivity index is 1.85. The van der Waals surface area contributed by atoms with Crippen molar-refractivity contribution < 1.29 is 27.4 Å². The molecule has 0 saturated carbocycles. The summed E-state index contributed by atoms with van der Waals surface area (Å²) in [7, 11) is 1.79. The van der Waals surface area contributed by atoms with E-state index in [0.29, 0.717) is 5.82 Å². The van der Waals surface area contributed by atoms with Gasteiger partial charge in [-0.1, -0.05) is 12.1 Å². The first-order chi connectivity index (χ1) is 11.3. The Hall–Kier alpha value is -2.71. The normalized spacial score (nSPS) is 11.2. The molecular formula is C15H16F3N3O3. The number of aryl methyl sites for hydroxylation is 1. The Morgan fingerprint density at radius 2 is 1.92 bits per heavy atom. The van der Waals surface area contributed by atoms with Gasteiger partial charge < -0.3 is 19.4 Å². The summed E-state index contributed by atoms with van der Waals surface area (Å²) >= 11 is 0. The first-order valence-electron chi connectivity index (χ1n) is 6.99. The summed E-state index contributed by atoms with van der Waals surface area (Å²) in [4.78, 5) is 15.8. The minimum Gasteiger partial charge on any atom is -0.480 e. The fourth-order valence-electron chi connectivity index (χ4n) is 1.79. The molecule has 0 aliphatic heterocycles. The largest absolute Gasteiger partial charge is 0.480 e. The van der Waals surface area contributed by atoms with Crippen LogP contribution in [0.4, 0.5) is 13.2 Å². The van der Waals surface area contributed by atoms with Gasteiger partial charge in [-0.3, -0.25) is 4.79 Å². The molecule has 0 aliphatic carbocycles. The van der Waals surface area contributed by atoms with Gasteiger partial charge >= 0.3 is 6.18 Å². The maximum Gasteiger partial charge on any atom is 0.422 e. The van der Waals surface area contributed by atoms with Crippen LogP contribution in [0.25, 0.3) is 0 Å². The standard InChI is InChI=1S/C15H16F3N3O3/c1-21-7-6-19-13(21)8-20-14(22)9-23-11-4-2-3-5-12(11)24-10-15(16,17)18/h2-7H,8-10H2,1H3,(H,20,22). The van der Waals surface area contributed by atoms with Gasteiger partial charge in [0.2, 0.25) is 0 Å². The van der Waals surface area contributed by atoms with Crippen molar-refractivity contribution >= 4 is 5.91 Å². The number of rotatable bonds is 7. The van der Waals surface area contributed by atoms with E-state index in [1.807, 2.05) is 0 Å². The van der Waals surface area contributed by atoms with Gasteiger partial charge in [0.15, 0.2) is 24.7 Å². The van der Waals surface area contributed by atoms with E-state index in [2.05, 4.69) is 15.0 Å². The molecule has 9 heteroatoms. The van der Waals surface area contributed by atoms with Gasteiger partial charge in [0, 0.05) is 19.4 Å². The average molecular weight is 343 g/mol. The van der Waals surface area contributed by atoms with Gasteiger partial charge in [0.1, 0.15) is 5.82 Å². The minimum absolute atomic E-state index is 0.0638. The molecule has 1 N–H and O–H groups in total. The molecular weight excluding hydrogens is 327 g/mol. The third-order valence-corrected chi connectivity index (χ3v) is 2.96. The summed E-state index contributed by atoms with van der Waals surface area (Å²) in [5.74, 6) is 0.224. The summed E-state index contributed by atoms with van der Waals surface area (Å²) in [6, 6.07) is 5.85. The lowest BCUT2D eigenvalue weighted by Crippen LogP contribution is -2.29. The highest BCUT2D eigenvalue weighted by Crippen LogP contribution is 2.28. The lowest BCUT2D eigenvalue weighted by atomic mass is 10.3. The Kier molecular flexibility index (Phi) is 5.67. The van der Waals surface area contributed by atoms with Crippen molar-refractivity contribution in [3.63, 3.8) is 0 Å². The number of halogens is 3. The Morgan fingerprint density at radius 1 is 1.25 bits per heavy atom. The first kappa shape index (κ1) is 17.6. The average Bonchev–Trinajstić information content (AvgIpc) is 2.94. The zero-order chi connectivity index (χ0) is 17.6. The number of alkyl halides is 3. The molecule has 0 atom stereocenters. The second kappa shape index (κ2) is 7.71. The van der Waals surface area contributed by atoms with E-state index in [-0.39, 0.29) is 24.7 Å². The van der Waals surface area contributed by atoms with Gasteiger partial charge in [-0.2, -0.15) is 13.2 Å². The van der Waals surface area contributed by atoms with Crippen molar-refractivity contribution in [1.29, 1.82) is 0 Å². The van der Waals surface area contributed by atoms with Gasteiger partial charge in [0.05, 0.1) is 6.54 Å². The maximum absolute atomic E-state index is 12.2. The molecule has 1 aromatic carbocycles. The number of carbonyl (C=O) groups excluding carboxylic acids is 1.